The molecule has 0 radical (unpaired) electrons. The number of benzene rings is 2. The summed E-state index contributed by atoms with van der Waals surface area (Å²) in [5.41, 5.74) is 6.71. The van der Waals surface area contributed by atoms with Crippen molar-refractivity contribution in [3.63, 3.8) is 0 Å². The van der Waals surface area contributed by atoms with Crippen molar-refractivity contribution in [2.24, 2.45) is 51.2 Å². The van der Waals surface area contributed by atoms with E-state index in [0.29, 0.717) is 54.0 Å². The Labute approximate surface area is 349 Å². The minimum Gasteiger partial charge on any atom is -0.486 e. The Balaban J connectivity index is 0.876. The highest BCUT2D eigenvalue weighted by Crippen LogP contribution is 2.76. The Morgan fingerprint density at radius 1 is 0.845 bits per heavy atom. The topological polar surface area (TPSA) is 63.3 Å². The maximum absolute atomic E-state index is 10.9. The van der Waals surface area contributed by atoms with E-state index in [1.807, 2.05) is 12.1 Å². The maximum Gasteiger partial charge on any atom is 0.298 e. The minimum atomic E-state index is 0.0700. The van der Waals surface area contributed by atoms with Gasteiger partial charge in [0, 0.05) is 51.4 Å². The zero-order valence-corrected chi connectivity index (χ0v) is 36.5. The van der Waals surface area contributed by atoms with Crippen molar-refractivity contribution < 1.29 is 19.0 Å². The summed E-state index contributed by atoms with van der Waals surface area (Å²) in [6, 6.07) is 14.6. The Hall–Kier alpha value is -3.13. The predicted molar refractivity (Wildman–Crippen MR) is 233 cm³/mol. The van der Waals surface area contributed by atoms with Gasteiger partial charge < -0.3 is 19.5 Å². The molecule has 9 rings (SSSR count). The van der Waals surface area contributed by atoms with Crippen molar-refractivity contribution in [1.29, 1.82) is 0 Å². The highest BCUT2D eigenvalue weighted by Gasteiger charge is 2.70. The molecule has 0 aromatic heterocycles. The van der Waals surface area contributed by atoms with Gasteiger partial charge in [0.25, 0.3) is 6.47 Å². The number of rotatable bonds is 10. The van der Waals surface area contributed by atoms with Crippen LogP contribution >= 0.6 is 0 Å². The van der Waals surface area contributed by atoms with Gasteiger partial charge in [0.15, 0.2) is 11.5 Å². The standard InChI is InChI=1S/C51H71N3O4/c1-35(2)39-16-21-51(52-24-25-53-26-28-54(29-27-53)33-36-8-14-42-43(32-36)57-31-30-56-42)23-22-49(6)41(46(39)51)13-15-45-48(5)19-17-40(37-9-11-38(12-10-37)58-34-55)47(3,4)44(48)18-20-50(45,49)7/h8-12,14,17,32,34,39,41,44-46,52H,1,13,15-16,18-31,33H2,2-7H3/t39-,41+,44-,45+,46+,48-,49+,50+,51-/m0/s1. The van der Waals surface area contributed by atoms with E-state index in [4.69, 9.17) is 14.2 Å². The van der Waals surface area contributed by atoms with Gasteiger partial charge in [-0.3, -0.25) is 14.6 Å². The van der Waals surface area contributed by atoms with Gasteiger partial charge in [-0.15, -0.1) is 0 Å². The van der Waals surface area contributed by atoms with Crippen LogP contribution in [0.5, 0.6) is 17.2 Å². The number of carbonyl (C=O) groups excluding carboxylic acids is 1. The number of carbonyl (C=O) groups is 1. The summed E-state index contributed by atoms with van der Waals surface area (Å²) in [4.78, 5) is 16.2. The molecule has 314 valence electrons. The number of hydrogen-bond acceptors (Lipinski definition) is 7. The number of piperazine rings is 1. The number of fused-ring (bicyclic) bond motifs is 8. The monoisotopic (exact) mass is 790 g/mol. The summed E-state index contributed by atoms with van der Waals surface area (Å²) >= 11 is 0. The molecule has 7 nitrogen and oxygen atoms in total. The number of nitrogens with one attached hydrogen (secondary N) is 1. The Bertz CT molecular complexity index is 1900. The summed E-state index contributed by atoms with van der Waals surface area (Å²) in [6.45, 7) is 29.7. The molecule has 0 bridgehead atoms. The number of ether oxygens (including phenoxy) is 3. The molecular formula is C51H71N3O4. The fraction of sp³-hybridized carbons (Fsp3) is 0.667. The first-order valence-electron chi connectivity index (χ1n) is 23.0. The molecule has 1 saturated heterocycles. The van der Waals surface area contributed by atoms with E-state index in [9.17, 15) is 4.79 Å². The molecule has 2 aromatic carbocycles. The second kappa shape index (κ2) is 15.1. The van der Waals surface area contributed by atoms with E-state index in [1.54, 1.807) is 0 Å². The lowest BCUT2D eigenvalue weighted by molar-refractivity contribution is -0.219. The third kappa shape index (κ3) is 6.51. The molecule has 7 aliphatic rings. The summed E-state index contributed by atoms with van der Waals surface area (Å²) in [5, 5.41) is 4.38. The van der Waals surface area contributed by atoms with Crippen LogP contribution in [0.2, 0.25) is 0 Å². The quantitative estimate of drug-likeness (QED) is 0.190. The summed E-state index contributed by atoms with van der Waals surface area (Å²) < 4.78 is 16.7. The van der Waals surface area contributed by atoms with Gasteiger partial charge in [-0.25, -0.2) is 0 Å². The zero-order valence-electron chi connectivity index (χ0n) is 36.5. The lowest BCUT2D eigenvalue weighted by Gasteiger charge is -2.72. The third-order valence-electron chi connectivity index (χ3n) is 18.4. The van der Waals surface area contributed by atoms with E-state index >= 15 is 0 Å². The van der Waals surface area contributed by atoms with E-state index in [2.05, 4.69) is 99.6 Å². The smallest absolute Gasteiger partial charge is 0.298 e. The van der Waals surface area contributed by atoms with Gasteiger partial charge in [-0.05, 0) is 157 Å². The number of allylic oxidation sites excluding steroid dienone is 3. The molecule has 5 aliphatic carbocycles. The van der Waals surface area contributed by atoms with Gasteiger partial charge in [0.05, 0.1) is 0 Å². The molecule has 7 heteroatoms. The van der Waals surface area contributed by atoms with E-state index in [1.165, 1.54) is 73.6 Å². The first-order chi connectivity index (χ1) is 27.8. The SMILES string of the molecule is C=C(C)[C@@H]1CC[C@]2(NCCN3CCN(Cc4ccc5c(c4)OCCO5)CC3)CC[C@]3(C)[C@H](CC[C@@H]4[C@@]5(C)CC=C(c6ccc(OC=O)cc6)C(C)(C)[C@@H]5CC[C@]43C)[C@@H]12. The van der Waals surface area contributed by atoms with Crippen molar-refractivity contribution in [3.8, 4) is 17.2 Å². The fourth-order valence-corrected chi connectivity index (χ4v) is 15.4. The second-order valence-corrected chi connectivity index (χ2v) is 21.1. The third-order valence-corrected chi connectivity index (χ3v) is 18.4. The van der Waals surface area contributed by atoms with E-state index in [0.717, 1.165) is 75.6 Å². The van der Waals surface area contributed by atoms with Crippen LogP contribution in [0.1, 0.15) is 110 Å². The molecule has 5 fully saturated rings. The van der Waals surface area contributed by atoms with Crippen molar-refractivity contribution in [2.45, 2.75) is 111 Å². The molecule has 1 N–H and O–H groups in total. The summed E-state index contributed by atoms with van der Waals surface area (Å²) in [7, 11) is 0. The predicted octanol–water partition coefficient (Wildman–Crippen LogP) is 9.80. The highest BCUT2D eigenvalue weighted by atomic mass is 16.6. The van der Waals surface area contributed by atoms with Gasteiger partial charge >= 0.3 is 0 Å². The van der Waals surface area contributed by atoms with Crippen LogP contribution < -0.4 is 19.5 Å². The molecule has 2 heterocycles. The zero-order chi connectivity index (χ0) is 40.5. The first-order valence-corrected chi connectivity index (χ1v) is 23.0. The van der Waals surface area contributed by atoms with Gasteiger partial charge in [0.1, 0.15) is 19.0 Å². The average molecular weight is 790 g/mol. The lowest BCUT2D eigenvalue weighted by atomic mass is 9.33. The fourth-order valence-electron chi connectivity index (χ4n) is 15.4. The van der Waals surface area contributed by atoms with Crippen molar-refractivity contribution in [1.82, 2.24) is 15.1 Å². The summed E-state index contributed by atoms with van der Waals surface area (Å²) in [6.07, 6.45) is 14.3. The normalized spacial score (nSPS) is 38.0. The molecule has 9 atom stereocenters. The molecule has 2 aromatic rings. The Kier molecular flexibility index (Phi) is 10.5. The first kappa shape index (κ1) is 40.3. The van der Waals surface area contributed by atoms with Crippen LogP contribution in [0.4, 0.5) is 0 Å². The average Bonchev–Trinajstić information content (AvgIpc) is 3.59. The van der Waals surface area contributed by atoms with E-state index < -0.39 is 0 Å². The van der Waals surface area contributed by atoms with E-state index in [-0.39, 0.29) is 16.4 Å². The molecule has 0 spiro atoms. The van der Waals surface area contributed by atoms with Crippen LogP contribution in [0, 0.1) is 51.2 Å². The van der Waals surface area contributed by atoms with Crippen LogP contribution in [0.15, 0.2) is 60.7 Å². The Morgan fingerprint density at radius 2 is 1.59 bits per heavy atom. The molecule has 0 unspecified atom stereocenters. The van der Waals surface area contributed by atoms with Crippen molar-refractivity contribution in [3.05, 3.63) is 71.8 Å². The van der Waals surface area contributed by atoms with Gasteiger partial charge in [0.2, 0.25) is 0 Å². The van der Waals surface area contributed by atoms with Crippen molar-refractivity contribution >= 4 is 12.0 Å². The molecule has 0 amide bonds. The van der Waals surface area contributed by atoms with Crippen LogP contribution in [-0.4, -0.2) is 74.3 Å². The maximum atomic E-state index is 10.9. The number of hydrogen-bond donors (Lipinski definition) is 1. The largest absolute Gasteiger partial charge is 0.486 e. The molecule has 4 saturated carbocycles. The molecule has 58 heavy (non-hydrogen) atoms. The molecular weight excluding hydrogens is 719 g/mol. The van der Waals surface area contributed by atoms with Gasteiger partial charge in [-0.2, -0.15) is 0 Å². The van der Waals surface area contributed by atoms with Crippen LogP contribution in [-0.2, 0) is 11.3 Å². The van der Waals surface area contributed by atoms with Gasteiger partial charge in [-0.1, -0.05) is 71.0 Å². The van der Waals surface area contributed by atoms with Crippen LogP contribution in [0.25, 0.3) is 5.57 Å². The Morgan fingerprint density at radius 3 is 2.33 bits per heavy atom. The number of nitrogens with zero attached hydrogens (tertiary/aromatic N) is 2. The highest BCUT2D eigenvalue weighted by molar-refractivity contribution is 5.72. The lowest BCUT2D eigenvalue weighted by Crippen LogP contribution is -2.68. The minimum absolute atomic E-state index is 0.0700. The van der Waals surface area contributed by atoms with Crippen molar-refractivity contribution in [2.75, 3.05) is 52.5 Å². The van der Waals surface area contributed by atoms with Crippen LogP contribution in [0.3, 0.4) is 0 Å². The second-order valence-electron chi connectivity index (χ2n) is 21.1. The molecule has 2 aliphatic heterocycles. The summed E-state index contributed by atoms with van der Waals surface area (Å²) in [5.74, 6) is 5.77.